The molecule has 0 unspecified atom stereocenters. The molecule has 0 atom stereocenters. The fourth-order valence-electron chi connectivity index (χ4n) is 2.35. The highest BCUT2D eigenvalue weighted by Gasteiger charge is 2.13. The van der Waals surface area contributed by atoms with Gasteiger partial charge in [0.1, 0.15) is 5.75 Å². The van der Waals surface area contributed by atoms with Crippen molar-refractivity contribution < 1.29 is 19.1 Å². The number of carbonyl (C=O) groups excluding carboxylic acids is 2. The van der Waals surface area contributed by atoms with Crippen molar-refractivity contribution >= 4 is 11.9 Å². The van der Waals surface area contributed by atoms with Crippen LogP contribution >= 0.6 is 0 Å². The Hall–Kier alpha value is -1.84. The van der Waals surface area contributed by atoms with Crippen LogP contribution in [0.3, 0.4) is 0 Å². The largest absolute Gasteiger partial charge is 0.466 e. The third-order valence-corrected chi connectivity index (χ3v) is 3.97. The highest BCUT2D eigenvalue weighted by Crippen LogP contribution is 2.24. The van der Waals surface area contributed by atoms with Crippen molar-refractivity contribution in [3.05, 3.63) is 29.8 Å². The Morgan fingerprint density at radius 1 is 0.880 bits per heavy atom. The maximum absolute atomic E-state index is 11.8. The smallest absolute Gasteiger partial charge is 0.311 e. The van der Waals surface area contributed by atoms with E-state index in [-0.39, 0.29) is 17.4 Å². The predicted molar refractivity (Wildman–Crippen MR) is 99.7 cm³/mol. The Kier molecular flexibility index (Phi) is 9.25. The lowest BCUT2D eigenvalue weighted by Crippen LogP contribution is -2.11. The van der Waals surface area contributed by atoms with E-state index in [4.69, 9.17) is 9.47 Å². The summed E-state index contributed by atoms with van der Waals surface area (Å²) in [7, 11) is 0. The van der Waals surface area contributed by atoms with E-state index in [0.717, 1.165) is 19.3 Å². The minimum Gasteiger partial charge on any atom is -0.466 e. The van der Waals surface area contributed by atoms with Crippen LogP contribution in [-0.2, 0) is 19.7 Å². The lowest BCUT2D eigenvalue weighted by atomic mass is 9.87. The summed E-state index contributed by atoms with van der Waals surface area (Å²) in [6.07, 6.45) is 5.05. The molecule has 0 spiro atoms. The summed E-state index contributed by atoms with van der Waals surface area (Å²) >= 11 is 0. The van der Waals surface area contributed by atoms with Crippen LogP contribution in [-0.4, -0.2) is 18.5 Å². The normalized spacial score (nSPS) is 11.2. The number of unbranched alkanes of at least 4 members (excludes halogenated alkanes) is 3. The number of benzene rings is 1. The lowest BCUT2D eigenvalue weighted by molar-refractivity contribution is -0.144. The van der Waals surface area contributed by atoms with E-state index < -0.39 is 0 Å². The minimum absolute atomic E-state index is 0.0771. The minimum atomic E-state index is -0.264. The summed E-state index contributed by atoms with van der Waals surface area (Å²) in [6.45, 7) is 9.04. The summed E-state index contributed by atoms with van der Waals surface area (Å²) in [5.41, 5.74) is 1.28. The van der Waals surface area contributed by atoms with Crippen molar-refractivity contribution in [3.63, 3.8) is 0 Å². The highest BCUT2D eigenvalue weighted by atomic mass is 16.5. The van der Waals surface area contributed by atoms with E-state index in [9.17, 15) is 9.59 Å². The lowest BCUT2D eigenvalue weighted by Gasteiger charge is -2.18. The van der Waals surface area contributed by atoms with Crippen LogP contribution in [0.1, 0.15) is 78.2 Å². The van der Waals surface area contributed by atoms with Gasteiger partial charge in [-0.05, 0) is 42.4 Å². The molecule has 0 saturated carbocycles. The predicted octanol–water partition coefficient (Wildman–Crippen LogP) is 5.18. The zero-order chi connectivity index (χ0) is 18.7. The number of esters is 2. The van der Waals surface area contributed by atoms with Gasteiger partial charge < -0.3 is 9.47 Å². The van der Waals surface area contributed by atoms with Gasteiger partial charge in [0.25, 0.3) is 0 Å². The van der Waals surface area contributed by atoms with Crippen LogP contribution in [0.4, 0.5) is 0 Å². The first-order valence-corrected chi connectivity index (χ1v) is 9.29. The van der Waals surface area contributed by atoms with Crippen LogP contribution in [0, 0.1) is 0 Å². The van der Waals surface area contributed by atoms with Gasteiger partial charge in [-0.25, -0.2) is 0 Å². The quantitative estimate of drug-likeness (QED) is 0.332. The van der Waals surface area contributed by atoms with Crippen LogP contribution in [0.25, 0.3) is 0 Å². The molecule has 0 N–H and O–H groups in total. The number of hydrogen-bond donors (Lipinski definition) is 0. The molecule has 4 heteroatoms. The summed E-state index contributed by atoms with van der Waals surface area (Å²) < 4.78 is 10.5. The average molecular weight is 348 g/mol. The zero-order valence-corrected chi connectivity index (χ0v) is 16.1. The second kappa shape index (κ2) is 10.9. The van der Waals surface area contributed by atoms with Crippen LogP contribution in [0.2, 0.25) is 0 Å². The molecular formula is C21H32O4. The molecule has 0 fully saturated rings. The number of hydrogen-bond acceptors (Lipinski definition) is 4. The number of rotatable bonds is 10. The van der Waals surface area contributed by atoms with Crippen LogP contribution in [0.15, 0.2) is 24.3 Å². The van der Waals surface area contributed by atoms with Gasteiger partial charge in [0.2, 0.25) is 0 Å². The Labute approximate surface area is 151 Å². The molecule has 0 amide bonds. The molecule has 0 aliphatic carbocycles. The number of ether oxygens (including phenoxy) is 2. The first kappa shape index (κ1) is 21.2. The summed E-state index contributed by atoms with van der Waals surface area (Å²) in [6, 6.07) is 7.62. The van der Waals surface area contributed by atoms with Crippen LogP contribution < -0.4 is 4.74 Å². The van der Waals surface area contributed by atoms with Gasteiger partial charge in [-0.2, -0.15) is 0 Å². The third kappa shape index (κ3) is 9.28. The van der Waals surface area contributed by atoms with Crippen molar-refractivity contribution in [1.29, 1.82) is 0 Å². The Morgan fingerprint density at radius 2 is 1.48 bits per heavy atom. The van der Waals surface area contributed by atoms with Crippen molar-refractivity contribution in [2.45, 2.75) is 78.1 Å². The molecule has 0 aliphatic rings. The summed E-state index contributed by atoms with van der Waals surface area (Å²) in [5, 5.41) is 0. The molecule has 0 bridgehead atoms. The summed E-state index contributed by atoms with van der Waals surface area (Å²) in [5.74, 6) is 0.121. The third-order valence-electron chi connectivity index (χ3n) is 3.97. The van der Waals surface area contributed by atoms with Gasteiger partial charge in [-0.3, -0.25) is 9.59 Å². The van der Waals surface area contributed by atoms with Gasteiger partial charge in [0.15, 0.2) is 0 Å². The first-order chi connectivity index (χ1) is 11.8. The van der Waals surface area contributed by atoms with Crippen molar-refractivity contribution in [3.8, 4) is 5.75 Å². The molecule has 1 aromatic carbocycles. The maximum atomic E-state index is 11.8. The van der Waals surface area contributed by atoms with Crippen molar-refractivity contribution in [2.24, 2.45) is 0 Å². The fraction of sp³-hybridized carbons (Fsp3) is 0.619. The van der Waals surface area contributed by atoms with Gasteiger partial charge >= 0.3 is 11.9 Å². The van der Waals surface area contributed by atoms with Gasteiger partial charge in [0, 0.05) is 12.8 Å². The standard InChI is InChI=1S/C21H32O4/c1-5-6-9-16-24-19(22)10-7-8-11-20(23)25-18-14-12-17(13-15-18)21(2,3)4/h12-15H,5-11,16H2,1-4H3. The molecule has 0 radical (unpaired) electrons. The Balaban J connectivity index is 2.19. The second-order valence-corrected chi connectivity index (χ2v) is 7.38. The molecule has 25 heavy (non-hydrogen) atoms. The monoisotopic (exact) mass is 348 g/mol. The van der Waals surface area contributed by atoms with E-state index in [2.05, 4.69) is 27.7 Å². The van der Waals surface area contributed by atoms with Gasteiger partial charge in [-0.1, -0.05) is 52.7 Å². The van der Waals surface area contributed by atoms with E-state index in [1.54, 1.807) is 0 Å². The first-order valence-electron chi connectivity index (χ1n) is 9.29. The zero-order valence-electron chi connectivity index (χ0n) is 16.1. The molecule has 0 saturated heterocycles. The molecule has 1 rings (SSSR count). The molecule has 1 aromatic rings. The van der Waals surface area contributed by atoms with Crippen molar-refractivity contribution in [1.82, 2.24) is 0 Å². The molecule has 0 aromatic heterocycles. The van der Waals surface area contributed by atoms with Gasteiger partial charge in [-0.15, -0.1) is 0 Å². The average Bonchev–Trinajstić information content (AvgIpc) is 2.55. The van der Waals surface area contributed by atoms with Gasteiger partial charge in [0.05, 0.1) is 6.61 Å². The van der Waals surface area contributed by atoms with E-state index in [1.807, 2.05) is 24.3 Å². The van der Waals surface area contributed by atoms with E-state index in [0.29, 0.717) is 38.0 Å². The topological polar surface area (TPSA) is 52.6 Å². The highest BCUT2D eigenvalue weighted by molar-refractivity contribution is 5.72. The van der Waals surface area contributed by atoms with Crippen molar-refractivity contribution in [2.75, 3.05) is 6.61 Å². The molecular weight excluding hydrogens is 316 g/mol. The molecule has 0 heterocycles. The van der Waals surface area contributed by atoms with E-state index >= 15 is 0 Å². The Morgan fingerprint density at radius 3 is 2.04 bits per heavy atom. The second-order valence-electron chi connectivity index (χ2n) is 7.38. The molecule has 140 valence electrons. The Bertz CT molecular complexity index is 526. The SMILES string of the molecule is CCCCCOC(=O)CCCCC(=O)Oc1ccc(C(C)(C)C)cc1. The molecule has 4 nitrogen and oxygen atoms in total. The van der Waals surface area contributed by atoms with E-state index in [1.165, 1.54) is 5.56 Å². The van der Waals surface area contributed by atoms with Crippen LogP contribution in [0.5, 0.6) is 5.75 Å². The summed E-state index contributed by atoms with van der Waals surface area (Å²) in [4.78, 5) is 23.4. The number of carbonyl (C=O) groups is 2. The fourth-order valence-corrected chi connectivity index (χ4v) is 2.35. The molecule has 0 aliphatic heterocycles. The maximum Gasteiger partial charge on any atom is 0.311 e.